The van der Waals surface area contributed by atoms with E-state index < -0.39 is 0 Å². The summed E-state index contributed by atoms with van der Waals surface area (Å²) in [5.74, 6) is 2.78. The highest BCUT2D eigenvalue weighted by Crippen LogP contribution is 2.12. The highest BCUT2D eigenvalue weighted by atomic mass is 16.3. The standard InChI is InChI=1S/C11H16N4O/c1-8(10-5-4-6-16-10)12-7-11-14-13-9(2)15(11)3/h4-6,8,12H,7H2,1-3H3/t8-/m1/s1. The van der Waals surface area contributed by atoms with Crippen molar-refractivity contribution >= 4 is 0 Å². The molecular weight excluding hydrogens is 204 g/mol. The molecule has 0 saturated carbocycles. The highest BCUT2D eigenvalue weighted by molar-refractivity contribution is 5.03. The van der Waals surface area contributed by atoms with Crippen LogP contribution in [0.5, 0.6) is 0 Å². The van der Waals surface area contributed by atoms with E-state index >= 15 is 0 Å². The first-order valence-electron chi connectivity index (χ1n) is 5.30. The molecule has 2 heterocycles. The van der Waals surface area contributed by atoms with Gasteiger partial charge in [-0.1, -0.05) is 0 Å². The first kappa shape index (κ1) is 10.9. The van der Waals surface area contributed by atoms with Crippen LogP contribution in [0.25, 0.3) is 0 Å². The van der Waals surface area contributed by atoms with Crippen LogP contribution in [0.2, 0.25) is 0 Å². The van der Waals surface area contributed by atoms with Crippen LogP contribution in [0.15, 0.2) is 22.8 Å². The van der Waals surface area contributed by atoms with Crippen molar-refractivity contribution in [2.24, 2.45) is 7.05 Å². The normalized spacial score (nSPS) is 12.9. The van der Waals surface area contributed by atoms with Gasteiger partial charge in [0.2, 0.25) is 0 Å². The third kappa shape index (κ3) is 2.14. The molecule has 0 aliphatic carbocycles. The lowest BCUT2D eigenvalue weighted by Gasteiger charge is -2.10. The summed E-state index contributed by atoms with van der Waals surface area (Å²) in [6.07, 6.45) is 1.68. The summed E-state index contributed by atoms with van der Waals surface area (Å²) in [7, 11) is 1.96. The van der Waals surface area contributed by atoms with E-state index in [1.54, 1.807) is 6.26 Å². The Morgan fingerprint density at radius 3 is 2.88 bits per heavy atom. The maximum Gasteiger partial charge on any atom is 0.146 e. The quantitative estimate of drug-likeness (QED) is 0.849. The number of aromatic nitrogens is 3. The minimum absolute atomic E-state index is 0.173. The van der Waals surface area contributed by atoms with Gasteiger partial charge in [-0.2, -0.15) is 0 Å². The van der Waals surface area contributed by atoms with E-state index in [0.717, 1.165) is 17.4 Å². The fourth-order valence-electron chi connectivity index (χ4n) is 1.49. The van der Waals surface area contributed by atoms with Gasteiger partial charge in [0, 0.05) is 7.05 Å². The van der Waals surface area contributed by atoms with Gasteiger partial charge in [0.25, 0.3) is 0 Å². The van der Waals surface area contributed by atoms with Gasteiger partial charge in [-0.05, 0) is 26.0 Å². The Morgan fingerprint density at radius 1 is 1.50 bits per heavy atom. The molecule has 2 aromatic rings. The second kappa shape index (κ2) is 4.49. The van der Waals surface area contributed by atoms with E-state index in [1.165, 1.54) is 0 Å². The Kier molecular flexibility index (Phi) is 3.05. The molecule has 5 heteroatoms. The monoisotopic (exact) mass is 220 g/mol. The van der Waals surface area contributed by atoms with Gasteiger partial charge < -0.3 is 14.3 Å². The number of nitrogens with zero attached hydrogens (tertiary/aromatic N) is 3. The van der Waals surface area contributed by atoms with Crippen LogP contribution in [-0.2, 0) is 13.6 Å². The van der Waals surface area contributed by atoms with Crippen molar-refractivity contribution in [3.63, 3.8) is 0 Å². The topological polar surface area (TPSA) is 55.9 Å². The maximum atomic E-state index is 5.31. The van der Waals surface area contributed by atoms with Crippen LogP contribution >= 0.6 is 0 Å². The number of aryl methyl sites for hydroxylation is 1. The van der Waals surface area contributed by atoms with Crippen LogP contribution in [0.4, 0.5) is 0 Å². The molecule has 86 valence electrons. The van der Waals surface area contributed by atoms with Gasteiger partial charge in [-0.25, -0.2) is 0 Å². The highest BCUT2D eigenvalue weighted by Gasteiger charge is 2.10. The van der Waals surface area contributed by atoms with Crippen molar-refractivity contribution in [1.82, 2.24) is 20.1 Å². The number of furan rings is 1. The minimum Gasteiger partial charge on any atom is -0.468 e. The predicted molar refractivity (Wildman–Crippen MR) is 59.7 cm³/mol. The fraction of sp³-hybridized carbons (Fsp3) is 0.455. The van der Waals surface area contributed by atoms with Gasteiger partial charge in [0.05, 0.1) is 18.8 Å². The smallest absolute Gasteiger partial charge is 0.146 e. The molecule has 0 aromatic carbocycles. The predicted octanol–water partition coefficient (Wildman–Crippen LogP) is 1.57. The summed E-state index contributed by atoms with van der Waals surface area (Å²) in [4.78, 5) is 0. The number of rotatable bonds is 4. The second-order valence-electron chi connectivity index (χ2n) is 3.84. The summed E-state index contributed by atoms with van der Waals surface area (Å²) in [6.45, 7) is 4.67. The van der Waals surface area contributed by atoms with E-state index in [2.05, 4.69) is 22.4 Å². The number of hydrogen-bond acceptors (Lipinski definition) is 4. The van der Waals surface area contributed by atoms with Crippen molar-refractivity contribution in [1.29, 1.82) is 0 Å². The van der Waals surface area contributed by atoms with E-state index in [9.17, 15) is 0 Å². The largest absolute Gasteiger partial charge is 0.468 e. The van der Waals surface area contributed by atoms with Crippen molar-refractivity contribution in [2.45, 2.75) is 26.4 Å². The molecule has 0 bridgehead atoms. The Bertz CT molecular complexity index is 447. The second-order valence-corrected chi connectivity index (χ2v) is 3.84. The summed E-state index contributed by atoms with van der Waals surface area (Å²) in [5, 5.41) is 11.4. The average molecular weight is 220 g/mol. The molecule has 1 N–H and O–H groups in total. The first-order chi connectivity index (χ1) is 7.68. The molecule has 1 atom stereocenters. The molecule has 2 rings (SSSR count). The van der Waals surface area contributed by atoms with Crippen LogP contribution in [0.1, 0.15) is 30.4 Å². The first-order valence-corrected chi connectivity index (χ1v) is 5.30. The van der Waals surface area contributed by atoms with Crippen molar-refractivity contribution < 1.29 is 4.42 Å². The minimum atomic E-state index is 0.173. The summed E-state index contributed by atoms with van der Waals surface area (Å²) < 4.78 is 7.29. The van der Waals surface area contributed by atoms with E-state index in [1.807, 2.05) is 30.7 Å². The van der Waals surface area contributed by atoms with Crippen LogP contribution in [0.3, 0.4) is 0 Å². The molecule has 0 spiro atoms. The van der Waals surface area contributed by atoms with Crippen molar-refractivity contribution in [2.75, 3.05) is 0 Å². The lowest BCUT2D eigenvalue weighted by atomic mass is 10.2. The molecule has 0 aliphatic rings. The van der Waals surface area contributed by atoms with Gasteiger partial charge in [-0.15, -0.1) is 10.2 Å². The number of nitrogens with one attached hydrogen (secondary N) is 1. The third-order valence-corrected chi connectivity index (χ3v) is 2.72. The molecule has 2 aromatic heterocycles. The van der Waals surface area contributed by atoms with Crippen LogP contribution in [0, 0.1) is 6.92 Å². The number of hydrogen-bond donors (Lipinski definition) is 1. The molecular formula is C11H16N4O. The molecule has 0 aliphatic heterocycles. The Balaban J connectivity index is 1.95. The third-order valence-electron chi connectivity index (χ3n) is 2.72. The van der Waals surface area contributed by atoms with Crippen molar-refractivity contribution in [3.05, 3.63) is 35.8 Å². The molecule has 16 heavy (non-hydrogen) atoms. The molecule has 5 nitrogen and oxygen atoms in total. The maximum absolute atomic E-state index is 5.31. The molecule has 0 saturated heterocycles. The molecule has 0 radical (unpaired) electrons. The summed E-state index contributed by atoms with van der Waals surface area (Å²) in [6, 6.07) is 4.02. The summed E-state index contributed by atoms with van der Waals surface area (Å²) >= 11 is 0. The zero-order valence-corrected chi connectivity index (χ0v) is 9.77. The van der Waals surface area contributed by atoms with E-state index in [0.29, 0.717) is 6.54 Å². The van der Waals surface area contributed by atoms with Gasteiger partial charge in [0.1, 0.15) is 17.4 Å². The van der Waals surface area contributed by atoms with E-state index in [4.69, 9.17) is 4.42 Å². The molecule has 0 unspecified atom stereocenters. The Morgan fingerprint density at radius 2 is 2.31 bits per heavy atom. The van der Waals surface area contributed by atoms with Crippen molar-refractivity contribution in [3.8, 4) is 0 Å². The lowest BCUT2D eigenvalue weighted by molar-refractivity contribution is 0.424. The Hall–Kier alpha value is -1.62. The molecule has 0 fully saturated rings. The van der Waals surface area contributed by atoms with Gasteiger partial charge >= 0.3 is 0 Å². The molecule has 0 amide bonds. The zero-order chi connectivity index (χ0) is 11.5. The lowest BCUT2D eigenvalue weighted by Crippen LogP contribution is -2.20. The van der Waals surface area contributed by atoms with Gasteiger partial charge in [-0.3, -0.25) is 0 Å². The Labute approximate surface area is 94.5 Å². The van der Waals surface area contributed by atoms with Gasteiger partial charge in [0.15, 0.2) is 0 Å². The fourth-order valence-corrected chi connectivity index (χ4v) is 1.49. The van der Waals surface area contributed by atoms with Crippen LogP contribution < -0.4 is 5.32 Å². The van der Waals surface area contributed by atoms with E-state index in [-0.39, 0.29) is 6.04 Å². The average Bonchev–Trinajstić information content (AvgIpc) is 2.89. The SMILES string of the molecule is Cc1nnc(CN[C@H](C)c2ccco2)n1C. The summed E-state index contributed by atoms with van der Waals surface area (Å²) in [5.41, 5.74) is 0. The van der Waals surface area contributed by atoms with Crippen LogP contribution in [-0.4, -0.2) is 14.8 Å². The zero-order valence-electron chi connectivity index (χ0n) is 9.77.